The Morgan fingerprint density at radius 3 is 2.71 bits per heavy atom. The number of likely N-dealkylation sites (N-methyl/N-ethyl adjacent to an activating group) is 1. The summed E-state index contributed by atoms with van der Waals surface area (Å²) in [5, 5.41) is 2.12. The molecule has 0 aliphatic carbocycles. The Balaban J connectivity index is 1.84. The van der Waals surface area contributed by atoms with E-state index in [1.807, 2.05) is 29.5 Å². The maximum atomic E-state index is 5.93. The van der Waals surface area contributed by atoms with Crippen LogP contribution in [0.25, 0.3) is 0 Å². The van der Waals surface area contributed by atoms with Crippen molar-refractivity contribution >= 4 is 17.0 Å². The van der Waals surface area contributed by atoms with E-state index in [0.29, 0.717) is 0 Å². The smallest absolute Gasteiger partial charge is 0.0347 e. The zero-order chi connectivity index (χ0) is 12.1. The van der Waals surface area contributed by atoms with Gasteiger partial charge in [-0.3, -0.25) is 0 Å². The number of nitrogens with two attached hydrogens (primary N) is 1. The molecule has 0 fully saturated rings. The van der Waals surface area contributed by atoms with Gasteiger partial charge in [0.1, 0.15) is 0 Å². The molecule has 2 rings (SSSR count). The van der Waals surface area contributed by atoms with Crippen LogP contribution in [-0.4, -0.2) is 18.5 Å². The van der Waals surface area contributed by atoms with Gasteiger partial charge in [-0.05, 0) is 36.5 Å². The third-order valence-electron chi connectivity index (χ3n) is 2.82. The van der Waals surface area contributed by atoms with E-state index in [2.05, 4.69) is 35.5 Å². The molecule has 1 heterocycles. The number of hydrogen-bond acceptors (Lipinski definition) is 3. The minimum absolute atomic E-state index is 0.900. The lowest BCUT2D eigenvalue weighted by Crippen LogP contribution is -2.20. The molecule has 0 aliphatic rings. The average Bonchev–Trinajstić information content (AvgIpc) is 2.81. The first-order valence-electron chi connectivity index (χ1n) is 5.80. The highest BCUT2D eigenvalue weighted by Gasteiger charge is 2.03. The molecule has 0 saturated carbocycles. The minimum atomic E-state index is 0.900. The summed E-state index contributed by atoms with van der Waals surface area (Å²) in [5.41, 5.74) is 8.07. The summed E-state index contributed by atoms with van der Waals surface area (Å²) < 4.78 is 0. The molecule has 0 amide bonds. The highest BCUT2D eigenvalue weighted by molar-refractivity contribution is 7.09. The first-order valence-corrected chi connectivity index (χ1v) is 6.68. The van der Waals surface area contributed by atoms with Crippen LogP contribution in [0.5, 0.6) is 0 Å². The normalized spacial score (nSPS) is 10.9. The van der Waals surface area contributed by atoms with Crippen LogP contribution in [0, 0.1) is 0 Å². The molecule has 1 aromatic heterocycles. The van der Waals surface area contributed by atoms with E-state index in [4.69, 9.17) is 5.73 Å². The molecule has 0 aliphatic heterocycles. The van der Waals surface area contributed by atoms with E-state index in [9.17, 15) is 0 Å². The number of thiophene rings is 1. The Labute approximate surface area is 107 Å². The third-order valence-corrected chi connectivity index (χ3v) is 3.68. The van der Waals surface area contributed by atoms with Gasteiger partial charge >= 0.3 is 0 Å². The van der Waals surface area contributed by atoms with Crippen molar-refractivity contribution in [2.24, 2.45) is 0 Å². The van der Waals surface area contributed by atoms with Crippen LogP contribution in [-0.2, 0) is 13.0 Å². The van der Waals surface area contributed by atoms with Crippen LogP contribution in [0.4, 0.5) is 5.69 Å². The summed E-state index contributed by atoms with van der Waals surface area (Å²) in [6.45, 7) is 2.05. The zero-order valence-electron chi connectivity index (χ0n) is 10.1. The van der Waals surface area contributed by atoms with Crippen LogP contribution < -0.4 is 5.73 Å². The second kappa shape index (κ2) is 5.84. The molecule has 3 heteroatoms. The van der Waals surface area contributed by atoms with Gasteiger partial charge in [-0.15, -0.1) is 11.3 Å². The van der Waals surface area contributed by atoms with Gasteiger partial charge in [0.2, 0.25) is 0 Å². The first-order chi connectivity index (χ1) is 8.25. The van der Waals surface area contributed by atoms with Crippen molar-refractivity contribution in [2.75, 3.05) is 19.3 Å². The molecule has 0 spiro atoms. The van der Waals surface area contributed by atoms with Crippen LogP contribution >= 0.6 is 11.3 Å². The van der Waals surface area contributed by atoms with Crippen molar-refractivity contribution in [2.45, 2.75) is 13.0 Å². The van der Waals surface area contributed by atoms with Gasteiger partial charge in [0.25, 0.3) is 0 Å². The number of benzene rings is 1. The molecular formula is C14H18N2S. The van der Waals surface area contributed by atoms with Crippen LogP contribution in [0.3, 0.4) is 0 Å². The fourth-order valence-electron chi connectivity index (χ4n) is 1.82. The maximum absolute atomic E-state index is 5.93. The monoisotopic (exact) mass is 246 g/mol. The largest absolute Gasteiger partial charge is 0.399 e. The molecule has 0 saturated heterocycles. The molecule has 2 aromatic rings. The van der Waals surface area contributed by atoms with E-state index in [0.717, 1.165) is 25.2 Å². The number of para-hydroxylation sites is 1. The van der Waals surface area contributed by atoms with Gasteiger partial charge in [0.15, 0.2) is 0 Å². The zero-order valence-corrected chi connectivity index (χ0v) is 10.9. The van der Waals surface area contributed by atoms with Crippen molar-refractivity contribution in [1.82, 2.24) is 4.90 Å². The van der Waals surface area contributed by atoms with Gasteiger partial charge in [0.05, 0.1) is 0 Å². The van der Waals surface area contributed by atoms with Gasteiger partial charge in [0, 0.05) is 23.7 Å². The van der Waals surface area contributed by atoms with Crippen LogP contribution in [0.1, 0.15) is 10.4 Å². The molecule has 0 unspecified atom stereocenters. The van der Waals surface area contributed by atoms with Crippen LogP contribution in [0.15, 0.2) is 41.8 Å². The third kappa shape index (κ3) is 3.58. The lowest BCUT2D eigenvalue weighted by molar-refractivity contribution is 0.334. The predicted molar refractivity (Wildman–Crippen MR) is 75.2 cm³/mol. The lowest BCUT2D eigenvalue weighted by Gasteiger charge is -2.16. The Kier molecular flexibility index (Phi) is 4.18. The summed E-state index contributed by atoms with van der Waals surface area (Å²) in [6, 6.07) is 12.4. The SMILES string of the molecule is CN(CCc1ccccc1N)Cc1cccs1. The van der Waals surface area contributed by atoms with Crippen molar-refractivity contribution < 1.29 is 0 Å². The topological polar surface area (TPSA) is 29.3 Å². The van der Waals surface area contributed by atoms with Crippen molar-refractivity contribution in [3.8, 4) is 0 Å². The lowest BCUT2D eigenvalue weighted by atomic mass is 10.1. The average molecular weight is 246 g/mol. The summed E-state index contributed by atoms with van der Waals surface area (Å²) >= 11 is 1.81. The second-order valence-corrected chi connectivity index (χ2v) is 5.30. The molecule has 2 N–H and O–H groups in total. The maximum Gasteiger partial charge on any atom is 0.0347 e. The number of anilines is 1. The summed E-state index contributed by atoms with van der Waals surface area (Å²) in [4.78, 5) is 3.74. The Morgan fingerprint density at radius 1 is 1.18 bits per heavy atom. The molecule has 0 bridgehead atoms. The van der Waals surface area contributed by atoms with Gasteiger partial charge in [-0.1, -0.05) is 24.3 Å². The van der Waals surface area contributed by atoms with Gasteiger partial charge in [-0.25, -0.2) is 0 Å². The Hall–Kier alpha value is -1.32. The molecule has 0 radical (unpaired) electrons. The minimum Gasteiger partial charge on any atom is -0.399 e. The Bertz CT molecular complexity index is 451. The standard InChI is InChI=1S/C14H18N2S/c1-16(11-13-6-4-10-17-13)9-8-12-5-2-3-7-14(12)15/h2-7,10H,8-9,11,15H2,1H3. The van der Waals surface area contributed by atoms with Crippen LogP contribution in [0.2, 0.25) is 0 Å². The van der Waals surface area contributed by atoms with Gasteiger partial charge < -0.3 is 10.6 Å². The number of nitrogen functional groups attached to an aromatic ring is 1. The quantitative estimate of drug-likeness (QED) is 0.822. The van der Waals surface area contributed by atoms with E-state index in [1.165, 1.54) is 10.4 Å². The van der Waals surface area contributed by atoms with E-state index in [1.54, 1.807) is 0 Å². The number of hydrogen-bond donors (Lipinski definition) is 1. The fourth-order valence-corrected chi connectivity index (χ4v) is 2.60. The van der Waals surface area contributed by atoms with Crippen molar-refractivity contribution in [1.29, 1.82) is 0 Å². The van der Waals surface area contributed by atoms with E-state index >= 15 is 0 Å². The first kappa shape index (κ1) is 12.1. The Morgan fingerprint density at radius 2 is 2.00 bits per heavy atom. The fraction of sp³-hybridized carbons (Fsp3) is 0.286. The summed E-state index contributed by atoms with van der Waals surface area (Å²) in [6.07, 6.45) is 1.01. The molecule has 2 nitrogen and oxygen atoms in total. The summed E-state index contributed by atoms with van der Waals surface area (Å²) in [7, 11) is 2.15. The number of rotatable bonds is 5. The molecule has 1 aromatic carbocycles. The van der Waals surface area contributed by atoms with E-state index in [-0.39, 0.29) is 0 Å². The summed E-state index contributed by atoms with van der Waals surface area (Å²) in [5.74, 6) is 0. The molecule has 90 valence electrons. The molecule has 17 heavy (non-hydrogen) atoms. The van der Waals surface area contributed by atoms with Crippen molar-refractivity contribution in [3.05, 3.63) is 52.2 Å². The molecule has 0 atom stereocenters. The van der Waals surface area contributed by atoms with Crippen molar-refractivity contribution in [3.63, 3.8) is 0 Å². The number of nitrogens with zero attached hydrogens (tertiary/aromatic N) is 1. The van der Waals surface area contributed by atoms with E-state index < -0.39 is 0 Å². The highest BCUT2D eigenvalue weighted by Crippen LogP contribution is 2.14. The molecular weight excluding hydrogens is 228 g/mol. The second-order valence-electron chi connectivity index (χ2n) is 4.27. The predicted octanol–water partition coefficient (Wildman–Crippen LogP) is 3.00. The highest BCUT2D eigenvalue weighted by atomic mass is 32.1. The van der Waals surface area contributed by atoms with Gasteiger partial charge in [-0.2, -0.15) is 0 Å².